The van der Waals surface area contributed by atoms with E-state index in [4.69, 9.17) is 5.11 Å². The Labute approximate surface area is 65.7 Å². The number of hydrogen-bond donors (Lipinski definition) is 1. The molecule has 0 amide bonds. The smallest absolute Gasteiger partial charge is 0.309 e. The molecule has 0 unspecified atom stereocenters. The van der Waals surface area contributed by atoms with Crippen LogP contribution in [0.5, 0.6) is 0 Å². The van der Waals surface area contributed by atoms with E-state index in [2.05, 4.69) is 0 Å². The molecule has 0 aromatic rings. The molecule has 1 heterocycles. The molecule has 0 saturated carbocycles. The van der Waals surface area contributed by atoms with E-state index in [0.717, 1.165) is 12.4 Å². The largest absolute Gasteiger partial charge is 0.481 e. The van der Waals surface area contributed by atoms with E-state index >= 15 is 0 Å². The molecule has 0 fully saturated rings. The predicted octanol–water partition coefficient (Wildman–Crippen LogP) is 0.137. The molecule has 11 heavy (non-hydrogen) atoms. The summed E-state index contributed by atoms with van der Waals surface area (Å²) in [7, 11) is 3.81. The van der Waals surface area contributed by atoms with Crippen molar-refractivity contribution in [1.82, 2.24) is 9.80 Å². The van der Waals surface area contributed by atoms with Crippen molar-refractivity contribution in [3.05, 3.63) is 11.9 Å². The number of carbonyl (C=O) groups is 1. The normalized spacial score (nSPS) is 17.1. The van der Waals surface area contributed by atoms with Gasteiger partial charge in [0.2, 0.25) is 0 Å². The molecule has 62 valence electrons. The average Bonchev–Trinajstić information content (AvgIpc) is 2.09. The van der Waals surface area contributed by atoms with Gasteiger partial charge in [-0.15, -0.1) is 0 Å². The Hall–Kier alpha value is -1.19. The van der Waals surface area contributed by atoms with E-state index in [9.17, 15) is 4.79 Å². The van der Waals surface area contributed by atoms with Gasteiger partial charge in [-0.25, -0.2) is 0 Å². The van der Waals surface area contributed by atoms with Gasteiger partial charge in [-0.1, -0.05) is 0 Å². The third kappa shape index (κ3) is 1.86. The summed E-state index contributed by atoms with van der Waals surface area (Å²) in [6.07, 6.45) is 1.97. The van der Waals surface area contributed by atoms with Gasteiger partial charge in [-0.2, -0.15) is 0 Å². The highest BCUT2D eigenvalue weighted by Gasteiger charge is 2.16. The Morgan fingerprint density at radius 3 is 2.73 bits per heavy atom. The van der Waals surface area contributed by atoms with E-state index in [-0.39, 0.29) is 6.42 Å². The van der Waals surface area contributed by atoms with Crippen molar-refractivity contribution >= 4 is 5.97 Å². The van der Waals surface area contributed by atoms with Gasteiger partial charge >= 0.3 is 5.97 Å². The van der Waals surface area contributed by atoms with Gasteiger partial charge in [0.15, 0.2) is 0 Å². The maximum Gasteiger partial charge on any atom is 0.309 e. The second kappa shape index (κ2) is 2.82. The van der Waals surface area contributed by atoms with Crippen LogP contribution in [0.1, 0.15) is 6.42 Å². The van der Waals surface area contributed by atoms with Crippen LogP contribution in [0.25, 0.3) is 0 Å². The zero-order valence-electron chi connectivity index (χ0n) is 6.74. The molecule has 0 aromatic heterocycles. The van der Waals surface area contributed by atoms with E-state index in [0.29, 0.717) is 0 Å². The number of carboxylic acid groups (broad SMARTS) is 1. The summed E-state index contributed by atoms with van der Waals surface area (Å²) in [6, 6.07) is 0. The monoisotopic (exact) mass is 156 g/mol. The molecular weight excluding hydrogens is 144 g/mol. The molecule has 1 rings (SSSR count). The summed E-state index contributed by atoms with van der Waals surface area (Å²) >= 11 is 0. The lowest BCUT2D eigenvalue weighted by Crippen LogP contribution is -2.21. The average molecular weight is 156 g/mol. The van der Waals surface area contributed by atoms with E-state index < -0.39 is 5.97 Å². The molecular formula is C7H12N2O2. The fourth-order valence-corrected chi connectivity index (χ4v) is 1.15. The molecule has 0 atom stereocenters. The Kier molecular flexibility index (Phi) is 2.03. The van der Waals surface area contributed by atoms with Crippen LogP contribution < -0.4 is 0 Å². The molecule has 0 spiro atoms. The van der Waals surface area contributed by atoms with Crippen LogP contribution >= 0.6 is 0 Å². The first-order valence-corrected chi connectivity index (χ1v) is 3.43. The Morgan fingerprint density at radius 1 is 1.73 bits per heavy atom. The topological polar surface area (TPSA) is 43.8 Å². The summed E-state index contributed by atoms with van der Waals surface area (Å²) < 4.78 is 0. The molecule has 0 aliphatic carbocycles. The van der Waals surface area contributed by atoms with Crippen molar-refractivity contribution in [2.24, 2.45) is 0 Å². The Morgan fingerprint density at radius 2 is 2.36 bits per heavy atom. The fraction of sp³-hybridized carbons (Fsp3) is 0.571. The molecule has 0 radical (unpaired) electrons. The molecule has 1 N–H and O–H groups in total. The van der Waals surface area contributed by atoms with Crippen molar-refractivity contribution in [1.29, 1.82) is 0 Å². The summed E-state index contributed by atoms with van der Waals surface area (Å²) in [4.78, 5) is 14.2. The first kappa shape index (κ1) is 7.91. The Bertz CT molecular complexity index is 201. The quantitative estimate of drug-likeness (QED) is 0.617. The SMILES string of the molecule is CN1C=C(CC(=O)O)N(C)C1. The summed E-state index contributed by atoms with van der Waals surface area (Å²) in [5.74, 6) is -0.779. The van der Waals surface area contributed by atoms with E-state index in [1.54, 1.807) is 0 Å². The molecule has 0 aromatic carbocycles. The van der Waals surface area contributed by atoms with Gasteiger partial charge in [0.05, 0.1) is 13.1 Å². The highest BCUT2D eigenvalue weighted by atomic mass is 16.4. The molecule has 4 nitrogen and oxygen atoms in total. The lowest BCUT2D eigenvalue weighted by Gasteiger charge is -2.14. The van der Waals surface area contributed by atoms with Gasteiger partial charge < -0.3 is 14.9 Å². The minimum atomic E-state index is -0.779. The second-order valence-electron chi connectivity index (χ2n) is 2.79. The van der Waals surface area contributed by atoms with Crippen LogP contribution in [0, 0.1) is 0 Å². The van der Waals surface area contributed by atoms with Crippen molar-refractivity contribution in [3.8, 4) is 0 Å². The fourth-order valence-electron chi connectivity index (χ4n) is 1.15. The highest BCUT2D eigenvalue weighted by molar-refractivity contribution is 5.69. The standard InChI is InChI=1S/C7H12N2O2/c1-8-4-6(3-7(10)11)9(2)5-8/h4H,3,5H2,1-2H3,(H,10,11). The highest BCUT2D eigenvalue weighted by Crippen LogP contribution is 2.14. The van der Waals surface area contributed by atoms with Crippen LogP contribution in [-0.2, 0) is 4.79 Å². The molecule has 0 saturated heterocycles. The molecule has 1 aliphatic rings. The number of carboxylic acids is 1. The molecule has 1 aliphatic heterocycles. The van der Waals surface area contributed by atoms with Crippen molar-refractivity contribution < 1.29 is 9.90 Å². The summed E-state index contributed by atoms with van der Waals surface area (Å²) in [5.41, 5.74) is 0.861. The van der Waals surface area contributed by atoms with Gasteiger partial charge in [-0.05, 0) is 0 Å². The second-order valence-corrected chi connectivity index (χ2v) is 2.79. The van der Waals surface area contributed by atoms with Crippen LogP contribution in [0.2, 0.25) is 0 Å². The van der Waals surface area contributed by atoms with Crippen molar-refractivity contribution in [2.75, 3.05) is 20.8 Å². The minimum absolute atomic E-state index is 0.112. The van der Waals surface area contributed by atoms with Gasteiger partial charge in [0.1, 0.15) is 0 Å². The lowest BCUT2D eigenvalue weighted by molar-refractivity contribution is -0.136. The first-order chi connectivity index (χ1) is 5.09. The molecule has 0 bridgehead atoms. The zero-order valence-corrected chi connectivity index (χ0v) is 6.74. The number of aliphatic carboxylic acids is 1. The first-order valence-electron chi connectivity index (χ1n) is 3.43. The molecule has 4 heteroatoms. The van der Waals surface area contributed by atoms with Crippen LogP contribution in [0.3, 0.4) is 0 Å². The lowest BCUT2D eigenvalue weighted by atomic mass is 10.3. The number of hydrogen-bond acceptors (Lipinski definition) is 3. The minimum Gasteiger partial charge on any atom is -0.481 e. The third-order valence-electron chi connectivity index (χ3n) is 1.63. The van der Waals surface area contributed by atoms with Crippen molar-refractivity contribution in [2.45, 2.75) is 6.42 Å². The van der Waals surface area contributed by atoms with Gasteiger partial charge in [0.25, 0.3) is 0 Å². The maximum atomic E-state index is 10.3. The van der Waals surface area contributed by atoms with Crippen LogP contribution in [-0.4, -0.2) is 41.6 Å². The van der Waals surface area contributed by atoms with E-state index in [1.165, 1.54) is 0 Å². The zero-order chi connectivity index (χ0) is 8.43. The maximum absolute atomic E-state index is 10.3. The van der Waals surface area contributed by atoms with E-state index in [1.807, 2.05) is 30.1 Å². The Balaban J connectivity index is 2.57. The number of rotatable bonds is 2. The summed E-state index contributed by atoms with van der Waals surface area (Å²) in [6.45, 7) is 0.780. The van der Waals surface area contributed by atoms with Gasteiger partial charge in [0, 0.05) is 26.0 Å². The van der Waals surface area contributed by atoms with Crippen LogP contribution in [0.15, 0.2) is 11.9 Å². The third-order valence-corrected chi connectivity index (χ3v) is 1.63. The summed E-state index contributed by atoms with van der Waals surface area (Å²) in [5, 5.41) is 8.49. The van der Waals surface area contributed by atoms with Crippen LogP contribution in [0.4, 0.5) is 0 Å². The van der Waals surface area contributed by atoms with Crippen molar-refractivity contribution in [3.63, 3.8) is 0 Å². The van der Waals surface area contributed by atoms with Gasteiger partial charge in [-0.3, -0.25) is 4.79 Å². The predicted molar refractivity (Wildman–Crippen MR) is 40.7 cm³/mol. The number of nitrogens with zero attached hydrogens (tertiary/aromatic N) is 2.